The number of nitrogens with zero attached hydrogens (tertiary/aromatic N) is 1. The fourth-order valence-electron chi connectivity index (χ4n) is 1.50. The van der Waals surface area contributed by atoms with Gasteiger partial charge in [-0.15, -0.1) is 11.3 Å². The molecule has 1 heterocycles. The first-order valence-corrected chi connectivity index (χ1v) is 6.68. The molecular formula is C14H13FN2OS. The number of hydrazone groups is 1. The van der Waals surface area contributed by atoms with Gasteiger partial charge in [-0.1, -0.05) is 31.2 Å². The first-order chi connectivity index (χ1) is 9.19. The van der Waals surface area contributed by atoms with E-state index in [0.717, 1.165) is 23.3 Å². The molecular weight excluding hydrogens is 263 g/mol. The van der Waals surface area contributed by atoms with E-state index in [2.05, 4.69) is 17.5 Å². The van der Waals surface area contributed by atoms with Gasteiger partial charge in [0.25, 0.3) is 5.91 Å². The molecule has 0 bridgehead atoms. The Labute approximate surface area is 114 Å². The van der Waals surface area contributed by atoms with Gasteiger partial charge in [-0.3, -0.25) is 4.79 Å². The van der Waals surface area contributed by atoms with E-state index in [9.17, 15) is 9.18 Å². The lowest BCUT2D eigenvalue weighted by molar-refractivity contribution is 0.0959. The van der Waals surface area contributed by atoms with Gasteiger partial charge in [-0.05, 0) is 29.7 Å². The van der Waals surface area contributed by atoms with E-state index in [1.165, 1.54) is 17.7 Å². The highest BCUT2D eigenvalue weighted by molar-refractivity contribution is 7.12. The molecule has 0 saturated heterocycles. The zero-order valence-corrected chi connectivity index (χ0v) is 11.2. The van der Waals surface area contributed by atoms with E-state index >= 15 is 0 Å². The van der Waals surface area contributed by atoms with Crippen molar-refractivity contribution < 1.29 is 9.18 Å². The van der Waals surface area contributed by atoms with Gasteiger partial charge in [0.1, 0.15) is 0 Å². The normalized spacial score (nSPS) is 10.8. The van der Waals surface area contributed by atoms with Gasteiger partial charge in [-0.25, -0.2) is 5.43 Å². The summed E-state index contributed by atoms with van der Waals surface area (Å²) in [5.41, 5.74) is 4.51. The summed E-state index contributed by atoms with van der Waals surface area (Å²) in [6.45, 7) is 2.09. The van der Waals surface area contributed by atoms with Crippen LogP contribution in [0.3, 0.4) is 0 Å². The number of nitrogens with one attached hydrogen (secondary N) is 1. The zero-order chi connectivity index (χ0) is 13.7. The van der Waals surface area contributed by atoms with Crippen LogP contribution in [-0.2, 0) is 6.42 Å². The number of rotatable bonds is 4. The number of benzene rings is 1. The molecule has 1 aromatic carbocycles. The maximum atomic E-state index is 12.7. The van der Waals surface area contributed by atoms with Crippen molar-refractivity contribution in [1.82, 2.24) is 5.43 Å². The Balaban J connectivity index is 1.94. The number of amides is 1. The Hall–Kier alpha value is -2.01. The van der Waals surface area contributed by atoms with Crippen LogP contribution in [0.1, 0.15) is 27.7 Å². The second kappa shape index (κ2) is 6.24. The van der Waals surface area contributed by atoms with Gasteiger partial charge in [-0.2, -0.15) is 9.49 Å². The Morgan fingerprint density at radius 1 is 1.32 bits per heavy atom. The van der Waals surface area contributed by atoms with Gasteiger partial charge >= 0.3 is 0 Å². The van der Waals surface area contributed by atoms with Crippen LogP contribution in [-0.4, -0.2) is 12.1 Å². The molecule has 0 aliphatic rings. The van der Waals surface area contributed by atoms with Crippen molar-refractivity contribution in [2.24, 2.45) is 5.10 Å². The minimum atomic E-state index is -0.407. The summed E-state index contributed by atoms with van der Waals surface area (Å²) in [6, 6.07) is 10.6. The molecule has 0 unspecified atom stereocenters. The van der Waals surface area contributed by atoms with Crippen LogP contribution in [0.2, 0.25) is 0 Å². The Kier molecular flexibility index (Phi) is 4.41. The third kappa shape index (κ3) is 3.72. The quantitative estimate of drug-likeness (QED) is 0.676. The van der Waals surface area contributed by atoms with Crippen LogP contribution in [0.4, 0.5) is 4.39 Å². The first-order valence-electron chi connectivity index (χ1n) is 5.86. The molecule has 0 spiro atoms. The molecule has 0 saturated carbocycles. The molecule has 0 atom stereocenters. The topological polar surface area (TPSA) is 41.5 Å². The molecule has 19 heavy (non-hydrogen) atoms. The monoisotopic (exact) mass is 276 g/mol. The van der Waals surface area contributed by atoms with Crippen molar-refractivity contribution in [3.63, 3.8) is 0 Å². The molecule has 0 fully saturated rings. The molecule has 5 heteroatoms. The lowest BCUT2D eigenvalue weighted by atomic mass is 10.1. The average Bonchev–Trinajstić information content (AvgIpc) is 2.86. The lowest BCUT2D eigenvalue weighted by Crippen LogP contribution is -2.16. The molecule has 1 amide bonds. The molecule has 2 rings (SSSR count). The van der Waals surface area contributed by atoms with Crippen LogP contribution in [0.5, 0.6) is 0 Å². The molecule has 3 nitrogen and oxygen atoms in total. The predicted octanol–water partition coefficient (Wildman–Crippen LogP) is 3.21. The summed E-state index contributed by atoms with van der Waals surface area (Å²) in [4.78, 5) is 11.9. The van der Waals surface area contributed by atoms with Crippen LogP contribution in [0, 0.1) is 5.13 Å². The molecule has 0 aliphatic heterocycles. The summed E-state index contributed by atoms with van der Waals surface area (Å²) in [7, 11) is 0. The number of halogens is 1. The second-order valence-electron chi connectivity index (χ2n) is 3.90. The summed E-state index contributed by atoms with van der Waals surface area (Å²) in [5, 5.41) is 3.46. The van der Waals surface area contributed by atoms with Crippen LogP contribution >= 0.6 is 11.3 Å². The Morgan fingerprint density at radius 2 is 2.05 bits per heavy atom. The number of aryl methyl sites for hydroxylation is 1. The van der Waals surface area contributed by atoms with Gasteiger partial charge in [0, 0.05) is 0 Å². The van der Waals surface area contributed by atoms with Crippen molar-refractivity contribution in [1.29, 1.82) is 0 Å². The highest BCUT2D eigenvalue weighted by Gasteiger charge is 2.07. The predicted molar refractivity (Wildman–Crippen MR) is 75.2 cm³/mol. The minimum absolute atomic E-state index is 0.302. The van der Waals surface area contributed by atoms with Crippen molar-refractivity contribution in [2.75, 3.05) is 0 Å². The van der Waals surface area contributed by atoms with Crippen molar-refractivity contribution in [3.05, 3.63) is 57.5 Å². The van der Waals surface area contributed by atoms with E-state index in [0.29, 0.717) is 4.88 Å². The number of carbonyl (C=O) groups is 1. The van der Waals surface area contributed by atoms with Crippen molar-refractivity contribution in [2.45, 2.75) is 13.3 Å². The molecule has 1 aromatic heterocycles. The van der Waals surface area contributed by atoms with Gasteiger partial charge < -0.3 is 0 Å². The third-order valence-electron chi connectivity index (χ3n) is 2.56. The fourth-order valence-corrected chi connectivity index (χ4v) is 2.12. The SMILES string of the molecule is CCc1ccc(/C=N/NC(=O)c2ccc(F)s2)cc1. The third-order valence-corrected chi connectivity index (χ3v) is 3.44. The lowest BCUT2D eigenvalue weighted by Gasteiger charge is -1.98. The standard InChI is InChI=1S/C14H13FN2OS/c1-2-10-3-5-11(6-4-10)9-16-17-14(18)12-7-8-13(15)19-12/h3-9H,2H2,1H3,(H,17,18)/b16-9+. The van der Waals surface area contributed by atoms with Gasteiger partial charge in [0.15, 0.2) is 5.13 Å². The van der Waals surface area contributed by atoms with E-state index in [1.807, 2.05) is 24.3 Å². The zero-order valence-electron chi connectivity index (χ0n) is 10.4. The van der Waals surface area contributed by atoms with Gasteiger partial charge in [0.05, 0.1) is 11.1 Å². The summed E-state index contributed by atoms with van der Waals surface area (Å²) >= 11 is 0.794. The average molecular weight is 276 g/mol. The highest BCUT2D eigenvalue weighted by Crippen LogP contribution is 2.13. The summed E-state index contributed by atoms with van der Waals surface area (Å²) in [6.07, 6.45) is 2.54. The fraction of sp³-hybridized carbons (Fsp3) is 0.143. The van der Waals surface area contributed by atoms with E-state index in [-0.39, 0.29) is 5.13 Å². The largest absolute Gasteiger partial charge is 0.281 e. The van der Waals surface area contributed by atoms with E-state index < -0.39 is 5.91 Å². The van der Waals surface area contributed by atoms with Crippen LogP contribution < -0.4 is 5.43 Å². The second-order valence-corrected chi connectivity index (χ2v) is 4.93. The van der Waals surface area contributed by atoms with Crippen LogP contribution in [0.15, 0.2) is 41.5 Å². The smallest absolute Gasteiger partial charge is 0.266 e. The Bertz CT molecular complexity index is 590. The maximum Gasteiger partial charge on any atom is 0.281 e. The number of carbonyl (C=O) groups excluding carboxylic acids is 1. The first kappa shape index (κ1) is 13.4. The summed E-state index contributed by atoms with van der Waals surface area (Å²) in [5.74, 6) is -0.407. The molecule has 98 valence electrons. The van der Waals surface area contributed by atoms with Gasteiger partial charge in [0.2, 0.25) is 0 Å². The van der Waals surface area contributed by atoms with Crippen molar-refractivity contribution in [3.8, 4) is 0 Å². The number of thiophene rings is 1. The number of hydrogen-bond donors (Lipinski definition) is 1. The highest BCUT2D eigenvalue weighted by atomic mass is 32.1. The number of hydrogen-bond acceptors (Lipinski definition) is 3. The van der Waals surface area contributed by atoms with E-state index in [1.54, 1.807) is 6.21 Å². The van der Waals surface area contributed by atoms with E-state index in [4.69, 9.17) is 0 Å². The molecule has 2 aromatic rings. The summed E-state index contributed by atoms with van der Waals surface area (Å²) < 4.78 is 12.7. The van der Waals surface area contributed by atoms with Crippen LogP contribution in [0.25, 0.3) is 0 Å². The molecule has 1 N–H and O–H groups in total. The van der Waals surface area contributed by atoms with Crippen molar-refractivity contribution >= 4 is 23.5 Å². The Morgan fingerprint density at radius 3 is 2.63 bits per heavy atom. The maximum absolute atomic E-state index is 12.7. The minimum Gasteiger partial charge on any atom is -0.266 e. The molecule has 0 radical (unpaired) electrons. The molecule has 0 aliphatic carbocycles.